The number of nitrogens with zero attached hydrogens (tertiary/aromatic N) is 2. The highest BCUT2D eigenvalue weighted by atomic mass is 19.1. The van der Waals surface area contributed by atoms with Crippen molar-refractivity contribution in [2.75, 3.05) is 21.0 Å². The molecule has 0 spiro atoms. The first-order valence-corrected chi connectivity index (χ1v) is 11.2. The first-order valence-electron chi connectivity index (χ1n) is 11.2. The molecule has 0 N–H and O–H groups in total. The molecule has 1 amide bonds. The number of benzene rings is 3. The van der Waals surface area contributed by atoms with Crippen LogP contribution in [0.1, 0.15) is 21.6 Å². The lowest BCUT2D eigenvalue weighted by molar-refractivity contribution is 0.0725. The zero-order chi connectivity index (χ0) is 25.1. The quantitative estimate of drug-likeness (QED) is 0.341. The van der Waals surface area contributed by atoms with Crippen LogP contribution in [-0.2, 0) is 13.1 Å². The van der Waals surface area contributed by atoms with Gasteiger partial charge in [-0.05, 0) is 54.1 Å². The third-order valence-corrected chi connectivity index (χ3v) is 5.75. The van der Waals surface area contributed by atoms with Crippen molar-refractivity contribution in [1.82, 2.24) is 10.1 Å². The van der Waals surface area contributed by atoms with Crippen LogP contribution in [0.5, 0.6) is 23.0 Å². The number of methoxy groups -OCH3 is 2. The van der Waals surface area contributed by atoms with E-state index in [1.54, 1.807) is 55.5 Å². The lowest BCUT2D eigenvalue weighted by Gasteiger charge is -2.22. The molecule has 0 saturated heterocycles. The minimum absolute atomic E-state index is 0.125. The summed E-state index contributed by atoms with van der Waals surface area (Å²) in [4.78, 5) is 15.0. The summed E-state index contributed by atoms with van der Waals surface area (Å²) in [6.45, 7) is 0.510. The van der Waals surface area contributed by atoms with Crippen LogP contribution in [0.25, 0.3) is 11.3 Å². The molecule has 0 saturated carbocycles. The maximum Gasteiger partial charge on any atom is 0.254 e. The van der Waals surface area contributed by atoms with Gasteiger partial charge in [-0.2, -0.15) is 0 Å². The van der Waals surface area contributed by atoms with Crippen molar-refractivity contribution < 1.29 is 32.7 Å². The Balaban J connectivity index is 1.44. The maximum atomic E-state index is 13.9. The number of rotatable bonds is 8. The first-order chi connectivity index (χ1) is 17.5. The van der Waals surface area contributed by atoms with Gasteiger partial charge in [-0.25, -0.2) is 4.39 Å². The number of carbonyl (C=O) groups is 1. The Hall–Kier alpha value is -4.53. The van der Waals surface area contributed by atoms with Crippen LogP contribution in [0, 0.1) is 5.82 Å². The fraction of sp³-hybridized carbons (Fsp3) is 0.185. The predicted octanol–water partition coefficient (Wildman–Crippen LogP) is 5.07. The Labute approximate surface area is 206 Å². The Kier molecular flexibility index (Phi) is 6.44. The van der Waals surface area contributed by atoms with Crippen LogP contribution >= 0.6 is 0 Å². The summed E-state index contributed by atoms with van der Waals surface area (Å²) in [7, 11) is 3.14. The van der Waals surface area contributed by atoms with E-state index in [1.165, 1.54) is 18.2 Å². The van der Waals surface area contributed by atoms with E-state index >= 15 is 0 Å². The molecular weight excluding hydrogens is 467 g/mol. The van der Waals surface area contributed by atoms with E-state index in [2.05, 4.69) is 5.16 Å². The Morgan fingerprint density at radius 1 is 0.972 bits per heavy atom. The zero-order valence-electron chi connectivity index (χ0n) is 19.7. The van der Waals surface area contributed by atoms with Gasteiger partial charge in [0.25, 0.3) is 5.91 Å². The molecule has 0 unspecified atom stereocenters. The lowest BCUT2D eigenvalue weighted by atomic mass is 10.1. The van der Waals surface area contributed by atoms with Crippen LogP contribution in [0.3, 0.4) is 0 Å². The van der Waals surface area contributed by atoms with Gasteiger partial charge in [0.05, 0.1) is 26.3 Å². The molecule has 1 aliphatic heterocycles. The third-order valence-electron chi connectivity index (χ3n) is 5.75. The number of aromatic nitrogens is 1. The molecule has 0 radical (unpaired) electrons. The van der Waals surface area contributed by atoms with Gasteiger partial charge >= 0.3 is 0 Å². The van der Waals surface area contributed by atoms with Crippen LogP contribution < -0.4 is 18.9 Å². The third kappa shape index (κ3) is 4.81. The Bertz CT molecular complexity index is 1400. The van der Waals surface area contributed by atoms with E-state index in [0.717, 1.165) is 5.56 Å². The van der Waals surface area contributed by atoms with E-state index in [-0.39, 0.29) is 31.4 Å². The second-order valence-corrected chi connectivity index (χ2v) is 8.11. The predicted molar refractivity (Wildman–Crippen MR) is 128 cm³/mol. The smallest absolute Gasteiger partial charge is 0.254 e. The van der Waals surface area contributed by atoms with Crippen molar-refractivity contribution >= 4 is 5.91 Å². The number of hydrogen-bond donors (Lipinski definition) is 0. The summed E-state index contributed by atoms with van der Waals surface area (Å²) < 4.78 is 41.1. The maximum absolute atomic E-state index is 13.9. The molecule has 8 nitrogen and oxygen atoms in total. The molecule has 1 aromatic heterocycles. The zero-order valence-corrected chi connectivity index (χ0v) is 19.7. The average molecular weight is 490 g/mol. The molecule has 0 fully saturated rings. The number of hydrogen-bond acceptors (Lipinski definition) is 7. The van der Waals surface area contributed by atoms with Gasteiger partial charge in [0.15, 0.2) is 17.3 Å². The van der Waals surface area contributed by atoms with Crippen LogP contribution in [0.2, 0.25) is 0 Å². The molecule has 4 aromatic rings. The topological polar surface area (TPSA) is 83.3 Å². The lowest BCUT2D eigenvalue weighted by Crippen LogP contribution is -2.30. The molecule has 3 aromatic carbocycles. The largest absolute Gasteiger partial charge is 0.497 e. The van der Waals surface area contributed by atoms with Crippen LogP contribution in [0.15, 0.2) is 71.3 Å². The Morgan fingerprint density at radius 2 is 1.83 bits per heavy atom. The minimum Gasteiger partial charge on any atom is -0.497 e. The van der Waals surface area contributed by atoms with Crippen molar-refractivity contribution in [1.29, 1.82) is 0 Å². The Morgan fingerprint density at radius 3 is 2.64 bits per heavy atom. The second-order valence-electron chi connectivity index (χ2n) is 8.11. The van der Waals surface area contributed by atoms with Crippen LogP contribution in [0.4, 0.5) is 4.39 Å². The highest BCUT2D eigenvalue weighted by molar-refractivity contribution is 5.94. The summed E-state index contributed by atoms with van der Waals surface area (Å²) in [5.41, 5.74) is 2.23. The fourth-order valence-electron chi connectivity index (χ4n) is 3.98. The first kappa shape index (κ1) is 23.2. The number of halogens is 1. The van der Waals surface area contributed by atoms with Gasteiger partial charge in [-0.15, -0.1) is 0 Å². The van der Waals surface area contributed by atoms with Crippen LogP contribution in [-0.4, -0.2) is 37.0 Å². The molecule has 0 bridgehead atoms. The molecule has 5 rings (SSSR count). The molecule has 9 heteroatoms. The van der Waals surface area contributed by atoms with Gasteiger partial charge in [0.2, 0.25) is 6.79 Å². The monoisotopic (exact) mass is 490 g/mol. The summed E-state index contributed by atoms with van der Waals surface area (Å²) in [6, 6.07) is 18.1. The van der Waals surface area contributed by atoms with E-state index in [1.807, 2.05) is 12.1 Å². The van der Waals surface area contributed by atoms with E-state index in [0.29, 0.717) is 40.0 Å². The molecule has 1 aliphatic rings. The number of fused-ring (bicyclic) bond motifs is 1. The molecule has 2 heterocycles. The van der Waals surface area contributed by atoms with E-state index in [4.69, 9.17) is 23.5 Å². The molecule has 36 heavy (non-hydrogen) atoms. The van der Waals surface area contributed by atoms with Crippen molar-refractivity contribution in [2.24, 2.45) is 0 Å². The second kappa shape index (κ2) is 9.99. The van der Waals surface area contributed by atoms with Crippen molar-refractivity contribution in [2.45, 2.75) is 13.1 Å². The average Bonchev–Trinajstić information content (AvgIpc) is 3.57. The summed E-state index contributed by atoms with van der Waals surface area (Å²) >= 11 is 0. The van der Waals surface area contributed by atoms with Crippen molar-refractivity contribution in [3.63, 3.8) is 0 Å². The summed E-state index contributed by atoms with van der Waals surface area (Å²) in [5.74, 6) is 2.10. The fourth-order valence-corrected chi connectivity index (χ4v) is 3.98. The standard InChI is InChI=1S/C27H23FN2O6/c1-32-21-7-9-23(33-2)22(13-21)25-12-20(29-36-25)15-30(27(31)18-4-3-5-19(28)11-18)14-17-6-8-24-26(10-17)35-16-34-24/h3-13H,14-16H2,1-2H3. The minimum atomic E-state index is -0.488. The molecule has 0 atom stereocenters. The van der Waals surface area contributed by atoms with E-state index < -0.39 is 5.82 Å². The highest BCUT2D eigenvalue weighted by Gasteiger charge is 2.22. The number of amides is 1. The number of ether oxygens (including phenoxy) is 4. The van der Waals surface area contributed by atoms with Gasteiger partial charge in [-0.1, -0.05) is 17.3 Å². The molecule has 184 valence electrons. The SMILES string of the molecule is COc1ccc(OC)c(-c2cc(CN(Cc3ccc4c(c3)OCO4)C(=O)c3cccc(F)c3)no2)c1. The number of carbonyl (C=O) groups excluding carboxylic acids is 1. The summed E-state index contributed by atoms with van der Waals surface area (Å²) in [6.07, 6.45) is 0. The van der Waals surface area contributed by atoms with Gasteiger partial charge < -0.3 is 28.4 Å². The molecule has 0 aliphatic carbocycles. The van der Waals surface area contributed by atoms with Gasteiger partial charge in [-0.3, -0.25) is 4.79 Å². The summed E-state index contributed by atoms with van der Waals surface area (Å²) in [5, 5.41) is 4.17. The van der Waals surface area contributed by atoms with Crippen molar-refractivity contribution in [3.8, 4) is 34.3 Å². The van der Waals surface area contributed by atoms with Gasteiger partial charge in [0, 0.05) is 18.2 Å². The normalized spacial score (nSPS) is 11.9. The van der Waals surface area contributed by atoms with E-state index in [9.17, 15) is 9.18 Å². The van der Waals surface area contributed by atoms with Crippen molar-refractivity contribution in [3.05, 3.63) is 89.4 Å². The highest BCUT2D eigenvalue weighted by Crippen LogP contribution is 2.35. The molecular formula is C27H23FN2O6. The van der Waals surface area contributed by atoms with Gasteiger partial charge in [0.1, 0.15) is 23.0 Å².